The van der Waals surface area contributed by atoms with Crippen molar-refractivity contribution >= 4 is 16.3 Å². The monoisotopic (exact) mass is 359 g/mol. The van der Waals surface area contributed by atoms with Crippen LogP contribution in [0.25, 0.3) is 16.3 Å². The predicted molar refractivity (Wildman–Crippen MR) is 107 cm³/mol. The van der Waals surface area contributed by atoms with Gasteiger partial charge in [0.2, 0.25) is 0 Å². The van der Waals surface area contributed by atoms with E-state index in [4.69, 9.17) is 4.74 Å². The quantitative estimate of drug-likeness (QED) is 0.650. The highest BCUT2D eigenvalue weighted by Gasteiger charge is 2.35. The second-order valence-electron chi connectivity index (χ2n) is 7.45. The van der Waals surface area contributed by atoms with E-state index in [0.717, 1.165) is 30.5 Å². The van der Waals surface area contributed by atoms with Crippen LogP contribution in [0.4, 0.5) is 4.39 Å². The molecule has 2 nitrogen and oxygen atoms in total. The molecule has 2 unspecified atom stereocenters. The second-order valence-corrected chi connectivity index (χ2v) is 7.45. The zero-order valence-electron chi connectivity index (χ0n) is 15.1. The number of hydrogen-bond acceptors (Lipinski definition) is 2. The Labute approximate surface area is 158 Å². The molecule has 3 aromatic carbocycles. The van der Waals surface area contributed by atoms with E-state index in [-0.39, 0.29) is 11.9 Å². The summed E-state index contributed by atoms with van der Waals surface area (Å²) in [7, 11) is 0. The molecular formula is C24H22FNO. The van der Waals surface area contributed by atoms with Gasteiger partial charge in [-0.15, -0.1) is 0 Å². The lowest BCUT2D eigenvalue weighted by atomic mass is 9.87. The van der Waals surface area contributed by atoms with E-state index in [1.54, 1.807) is 6.07 Å². The Morgan fingerprint density at radius 3 is 2.48 bits per heavy atom. The van der Waals surface area contributed by atoms with Gasteiger partial charge in [-0.1, -0.05) is 66.7 Å². The lowest BCUT2D eigenvalue weighted by Gasteiger charge is -2.45. The molecular weight excluding hydrogens is 337 g/mol. The highest BCUT2D eigenvalue weighted by atomic mass is 19.1. The van der Waals surface area contributed by atoms with E-state index in [0.29, 0.717) is 18.0 Å². The first-order valence-corrected chi connectivity index (χ1v) is 9.55. The Kier molecular flexibility index (Phi) is 4.27. The molecule has 1 saturated heterocycles. The average molecular weight is 359 g/mol. The van der Waals surface area contributed by atoms with Crippen molar-refractivity contribution < 1.29 is 9.13 Å². The molecule has 27 heavy (non-hydrogen) atoms. The third kappa shape index (κ3) is 3.07. The van der Waals surface area contributed by atoms with Crippen molar-refractivity contribution in [1.82, 2.24) is 4.90 Å². The van der Waals surface area contributed by atoms with Crippen LogP contribution in [0.1, 0.15) is 17.5 Å². The maximum absolute atomic E-state index is 14.2. The number of fused-ring (bicyclic) bond motifs is 3. The topological polar surface area (TPSA) is 12.5 Å². The zero-order valence-corrected chi connectivity index (χ0v) is 15.1. The maximum atomic E-state index is 14.2. The third-order valence-corrected chi connectivity index (χ3v) is 5.77. The first kappa shape index (κ1) is 16.7. The average Bonchev–Trinajstić information content (AvgIpc) is 2.69. The molecule has 136 valence electrons. The van der Waals surface area contributed by atoms with Crippen molar-refractivity contribution in [3.63, 3.8) is 0 Å². The highest BCUT2D eigenvalue weighted by Crippen LogP contribution is 2.36. The molecule has 2 heterocycles. The first-order valence-electron chi connectivity index (χ1n) is 9.55. The number of hydrogen-bond donors (Lipinski definition) is 0. The van der Waals surface area contributed by atoms with Crippen LogP contribution < -0.4 is 0 Å². The number of nitrogens with zero attached hydrogens (tertiary/aromatic N) is 1. The third-order valence-electron chi connectivity index (χ3n) is 5.77. The van der Waals surface area contributed by atoms with Crippen molar-refractivity contribution in [2.45, 2.75) is 25.0 Å². The van der Waals surface area contributed by atoms with Gasteiger partial charge in [0, 0.05) is 18.0 Å². The van der Waals surface area contributed by atoms with Crippen LogP contribution >= 0.6 is 0 Å². The van der Waals surface area contributed by atoms with Gasteiger partial charge in [-0.25, -0.2) is 4.39 Å². The second kappa shape index (κ2) is 6.91. The van der Waals surface area contributed by atoms with Crippen LogP contribution in [0, 0.1) is 5.82 Å². The predicted octanol–water partition coefficient (Wildman–Crippen LogP) is 5.04. The molecule has 0 spiro atoms. The van der Waals surface area contributed by atoms with Gasteiger partial charge < -0.3 is 4.74 Å². The van der Waals surface area contributed by atoms with Crippen LogP contribution in [0.15, 0.2) is 72.8 Å². The van der Waals surface area contributed by atoms with Crippen LogP contribution in [-0.4, -0.2) is 30.2 Å². The fraction of sp³-hybridized carbons (Fsp3) is 0.250. The van der Waals surface area contributed by atoms with Gasteiger partial charge in [0.25, 0.3) is 0 Å². The summed E-state index contributed by atoms with van der Waals surface area (Å²) in [6, 6.07) is 22.5. The van der Waals surface area contributed by atoms with Crippen molar-refractivity contribution in [3.05, 3.63) is 89.8 Å². The summed E-state index contributed by atoms with van der Waals surface area (Å²) in [6.07, 6.45) is 3.26. The van der Waals surface area contributed by atoms with Crippen molar-refractivity contribution in [2.24, 2.45) is 0 Å². The highest BCUT2D eigenvalue weighted by molar-refractivity contribution is 5.94. The molecule has 0 saturated carbocycles. The molecule has 0 aliphatic carbocycles. The Morgan fingerprint density at radius 2 is 1.67 bits per heavy atom. The molecule has 2 aliphatic heterocycles. The molecule has 3 heteroatoms. The Bertz CT molecular complexity index is 998. The van der Waals surface area contributed by atoms with E-state index < -0.39 is 0 Å². The summed E-state index contributed by atoms with van der Waals surface area (Å²) in [6.45, 7) is 2.40. The Balaban J connectivity index is 1.52. The summed E-state index contributed by atoms with van der Waals surface area (Å²) < 4.78 is 20.1. The molecule has 3 aromatic rings. The minimum atomic E-state index is -0.153. The normalized spacial score (nSPS) is 22.6. The van der Waals surface area contributed by atoms with Gasteiger partial charge >= 0.3 is 0 Å². The van der Waals surface area contributed by atoms with Gasteiger partial charge in [0.1, 0.15) is 5.82 Å². The summed E-state index contributed by atoms with van der Waals surface area (Å²) in [4.78, 5) is 2.55. The molecule has 2 atom stereocenters. The van der Waals surface area contributed by atoms with Crippen molar-refractivity contribution in [1.29, 1.82) is 0 Å². The fourth-order valence-corrected chi connectivity index (χ4v) is 4.44. The minimum Gasteiger partial charge on any atom is -0.378 e. The van der Waals surface area contributed by atoms with Crippen LogP contribution in [-0.2, 0) is 11.3 Å². The Morgan fingerprint density at radius 1 is 0.889 bits per heavy atom. The lowest BCUT2D eigenvalue weighted by Crippen LogP contribution is -2.53. The summed E-state index contributed by atoms with van der Waals surface area (Å²) in [5.74, 6) is -0.153. The molecule has 0 N–H and O–H groups in total. The standard InChI is InChI=1S/C24H22FNO/c25-24-11-10-21(22-8-4-5-9-23(22)24)18-12-19-15-27-16-20(13-18)26(19)14-17-6-2-1-3-7-17/h1-12,19-20H,13-16H2. The number of rotatable bonds is 3. The largest absolute Gasteiger partial charge is 0.378 e. The molecule has 2 aliphatic rings. The van der Waals surface area contributed by atoms with E-state index >= 15 is 0 Å². The van der Waals surface area contributed by atoms with Gasteiger partial charge in [0.05, 0.1) is 19.3 Å². The summed E-state index contributed by atoms with van der Waals surface area (Å²) in [5.41, 5.74) is 3.80. The van der Waals surface area contributed by atoms with Gasteiger partial charge in [-0.2, -0.15) is 0 Å². The van der Waals surface area contributed by atoms with Gasteiger partial charge in [-0.3, -0.25) is 4.90 Å². The number of morpholine rings is 1. The van der Waals surface area contributed by atoms with E-state index in [1.807, 2.05) is 30.3 Å². The van der Waals surface area contributed by atoms with E-state index in [2.05, 4.69) is 41.3 Å². The molecule has 0 aromatic heterocycles. The van der Waals surface area contributed by atoms with E-state index in [9.17, 15) is 4.39 Å². The summed E-state index contributed by atoms with van der Waals surface area (Å²) in [5, 5.41) is 1.70. The molecule has 0 radical (unpaired) electrons. The smallest absolute Gasteiger partial charge is 0.131 e. The van der Waals surface area contributed by atoms with Gasteiger partial charge in [-0.05, 0) is 34.6 Å². The zero-order chi connectivity index (χ0) is 18.2. The lowest BCUT2D eigenvalue weighted by molar-refractivity contribution is -0.0402. The van der Waals surface area contributed by atoms with Crippen molar-refractivity contribution in [3.8, 4) is 0 Å². The minimum absolute atomic E-state index is 0.153. The number of halogens is 1. The molecule has 2 bridgehead atoms. The summed E-state index contributed by atoms with van der Waals surface area (Å²) >= 11 is 0. The molecule has 0 amide bonds. The van der Waals surface area contributed by atoms with E-state index in [1.165, 1.54) is 11.1 Å². The Hall–Kier alpha value is -2.49. The number of ether oxygens (including phenoxy) is 1. The van der Waals surface area contributed by atoms with Crippen LogP contribution in [0.5, 0.6) is 0 Å². The fourth-order valence-electron chi connectivity index (χ4n) is 4.44. The first-order chi connectivity index (χ1) is 13.3. The SMILES string of the molecule is Fc1ccc(C2=CC3COCC(C2)N3Cc2ccccc2)c2ccccc12. The molecule has 5 rings (SSSR count). The van der Waals surface area contributed by atoms with Gasteiger partial charge in [0.15, 0.2) is 0 Å². The van der Waals surface area contributed by atoms with Crippen LogP contribution in [0.2, 0.25) is 0 Å². The number of benzene rings is 3. The maximum Gasteiger partial charge on any atom is 0.131 e. The van der Waals surface area contributed by atoms with Crippen LogP contribution in [0.3, 0.4) is 0 Å². The molecule has 1 fully saturated rings. The van der Waals surface area contributed by atoms with Crippen molar-refractivity contribution in [2.75, 3.05) is 13.2 Å².